The highest BCUT2D eigenvalue weighted by Crippen LogP contribution is 2.44. The summed E-state index contributed by atoms with van der Waals surface area (Å²) in [6, 6.07) is 80.5. The Hall–Kier alpha value is -8.60. The molecule has 0 spiro atoms. The Morgan fingerprint density at radius 2 is 0.846 bits per heavy atom. The lowest BCUT2D eigenvalue weighted by atomic mass is 9.95. The normalized spacial score (nSPS) is 11.8. The van der Waals surface area contributed by atoms with Crippen molar-refractivity contribution in [2.45, 2.75) is 0 Å². The molecule has 0 atom stereocenters. The number of aromatic nitrogens is 1. The Labute approximate surface area is 375 Å². The molecule has 13 rings (SSSR count). The number of hydrogen-bond acceptors (Lipinski definition) is 3. The summed E-state index contributed by atoms with van der Waals surface area (Å²) in [5, 5.41) is 6.79. The fourth-order valence-electron chi connectivity index (χ4n) is 9.95. The second-order valence-corrected chi connectivity index (χ2v) is 17.0. The van der Waals surface area contributed by atoms with Gasteiger partial charge in [0.05, 0.1) is 11.0 Å². The first kappa shape index (κ1) is 37.0. The van der Waals surface area contributed by atoms with Gasteiger partial charge in [0.15, 0.2) is 0 Å². The average molecular weight is 833 g/mol. The summed E-state index contributed by atoms with van der Waals surface area (Å²) in [6.45, 7) is 0. The molecule has 13 aromatic rings. The van der Waals surface area contributed by atoms with Gasteiger partial charge in [0, 0.05) is 68.1 Å². The summed E-state index contributed by atoms with van der Waals surface area (Å²) < 4.78 is 15.3. The Morgan fingerprint density at radius 1 is 0.323 bits per heavy atom. The minimum Gasteiger partial charge on any atom is -0.456 e. The van der Waals surface area contributed by atoms with Crippen molar-refractivity contribution in [3.8, 4) is 50.2 Å². The van der Waals surface area contributed by atoms with E-state index in [0.29, 0.717) is 0 Å². The maximum Gasteiger partial charge on any atom is 0.137 e. The monoisotopic (exact) mass is 832 g/mol. The molecule has 3 aromatic heterocycles. The van der Waals surface area contributed by atoms with E-state index in [0.717, 1.165) is 105 Å². The van der Waals surface area contributed by atoms with E-state index in [4.69, 9.17) is 8.83 Å². The smallest absolute Gasteiger partial charge is 0.137 e. The van der Waals surface area contributed by atoms with Crippen LogP contribution in [0.2, 0.25) is 0 Å². The van der Waals surface area contributed by atoms with Crippen LogP contribution >= 0.6 is 0 Å². The van der Waals surface area contributed by atoms with Crippen LogP contribution in [0.1, 0.15) is 0 Å². The second-order valence-electron chi connectivity index (χ2n) is 17.0. The van der Waals surface area contributed by atoms with Crippen LogP contribution in [-0.2, 0) is 0 Å². The molecule has 4 heteroatoms. The third-order valence-corrected chi connectivity index (χ3v) is 13.2. The predicted octanol–water partition coefficient (Wildman–Crippen LogP) is 17.0. The fraction of sp³-hybridized carbons (Fsp3) is 0.0164. The highest BCUT2D eigenvalue weighted by atomic mass is 16.3. The number of hydrogen-bond donors (Lipinski definition) is 0. The molecule has 0 saturated carbocycles. The number of fused-ring (bicyclic) bond motifs is 9. The molecule has 4 nitrogen and oxygen atoms in total. The molecule has 10 aromatic carbocycles. The topological polar surface area (TPSA) is 34.5 Å². The van der Waals surface area contributed by atoms with E-state index >= 15 is 0 Å². The maximum atomic E-state index is 6.57. The van der Waals surface area contributed by atoms with Gasteiger partial charge in [-0.3, -0.25) is 0 Å². The van der Waals surface area contributed by atoms with Crippen molar-refractivity contribution in [2.75, 3.05) is 11.9 Å². The summed E-state index contributed by atoms with van der Waals surface area (Å²) >= 11 is 0. The van der Waals surface area contributed by atoms with Crippen LogP contribution in [0.15, 0.2) is 233 Å². The van der Waals surface area contributed by atoms with Crippen molar-refractivity contribution in [3.05, 3.63) is 224 Å². The van der Waals surface area contributed by atoms with Crippen molar-refractivity contribution in [2.24, 2.45) is 0 Å². The Bertz CT molecular complexity index is 3900. The van der Waals surface area contributed by atoms with Crippen molar-refractivity contribution >= 4 is 77.1 Å². The van der Waals surface area contributed by atoms with Crippen molar-refractivity contribution in [1.29, 1.82) is 0 Å². The summed E-state index contributed by atoms with van der Waals surface area (Å²) in [5.41, 5.74) is 18.3. The zero-order valence-corrected chi connectivity index (χ0v) is 35.6. The van der Waals surface area contributed by atoms with Crippen LogP contribution in [0.5, 0.6) is 0 Å². The molecule has 306 valence electrons. The zero-order valence-electron chi connectivity index (χ0n) is 35.6. The van der Waals surface area contributed by atoms with E-state index < -0.39 is 0 Å². The molecule has 0 aliphatic carbocycles. The van der Waals surface area contributed by atoms with Crippen molar-refractivity contribution in [1.82, 2.24) is 4.57 Å². The third-order valence-electron chi connectivity index (χ3n) is 13.2. The highest BCUT2D eigenvalue weighted by Gasteiger charge is 2.20. The molecule has 0 fully saturated rings. The minimum absolute atomic E-state index is 0.871. The van der Waals surface area contributed by atoms with Crippen LogP contribution in [0, 0.1) is 0 Å². The van der Waals surface area contributed by atoms with Gasteiger partial charge in [-0.1, -0.05) is 133 Å². The molecule has 0 aliphatic rings. The van der Waals surface area contributed by atoms with Crippen molar-refractivity contribution < 1.29 is 8.83 Å². The molecular weight excluding hydrogens is 793 g/mol. The summed E-state index contributed by atoms with van der Waals surface area (Å²) in [4.78, 5) is 2.28. The fourth-order valence-corrected chi connectivity index (χ4v) is 9.95. The summed E-state index contributed by atoms with van der Waals surface area (Å²) in [5.74, 6) is 0. The zero-order chi connectivity index (χ0) is 43.0. The van der Waals surface area contributed by atoms with Crippen LogP contribution < -0.4 is 4.90 Å². The van der Waals surface area contributed by atoms with Gasteiger partial charge in [0.1, 0.15) is 22.3 Å². The Morgan fingerprint density at radius 3 is 1.54 bits per heavy atom. The van der Waals surface area contributed by atoms with Gasteiger partial charge in [0.25, 0.3) is 0 Å². The molecule has 0 bridgehead atoms. The number of nitrogens with zero attached hydrogens (tertiary/aromatic N) is 2. The van der Waals surface area contributed by atoms with E-state index in [9.17, 15) is 0 Å². The van der Waals surface area contributed by atoms with Gasteiger partial charge in [0.2, 0.25) is 0 Å². The minimum atomic E-state index is 0.871. The molecular formula is C61H40N2O2. The van der Waals surface area contributed by atoms with Gasteiger partial charge in [-0.05, 0) is 124 Å². The first-order valence-electron chi connectivity index (χ1n) is 22.1. The molecule has 65 heavy (non-hydrogen) atoms. The molecule has 0 saturated heterocycles. The largest absolute Gasteiger partial charge is 0.456 e. The molecule has 0 aliphatic heterocycles. The van der Waals surface area contributed by atoms with Gasteiger partial charge < -0.3 is 18.3 Å². The van der Waals surface area contributed by atoms with E-state index in [1.165, 1.54) is 21.9 Å². The Kier molecular flexibility index (Phi) is 8.40. The average Bonchev–Trinajstić information content (AvgIpc) is 4.04. The Balaban J connectivity index is 1.05. The van der Waals surface area contributed by atoms with E-state index in [2.05, 4.69) is 223 Å². The van der Waals surface area contributed by atoms with Crippen LogP contribution in [-0.4, -0.2) is 11.6 Å². The van der Waals surface area contributed by atoms with Crippen LogP contribution in [0.3, 0.4) is 0 Å². The molecule has 0 unspecified atom stereocenters. The van der Waals surface area contributed by atoms with Gasteiger partial charge in [-0.2, -0.15) is 0 Å². The molecule has 0 N–H and O–H groups in total. The maximum absolute atomic E-state index is 6.57. The number of rotatable bonds is 7. The lowest BCUT2D eigenvalue weighted by molar-refractivity contribution is 0.668. The predicted molar refractivity (Wildman–Crippen MR) is 272 cm³/mol. The summed E-state index contributed by atoms with van der Waals surface area (Å²) in [6.07, 6.45) is 0. The number of furan rings is 2. The van der Waals surface area contributed by atoms with E-state index in [1.54, 1.807) is 0 Å². The van der Waals surface area contributed by atoms with Gasteiger partial charge in [-0.25, -0.2) is 0 Å². The second kappa shape index (κ2) is 14.8. The quantitative estimate of drug-likeness (QED) is 0.160. The lowest BCUT2D eigenvalue weighted by Crippen LogP contribution is -2.10. The third kappa shape index (κ3) is 6.14. The lowest BCUT2D eigenvalue weighted by Gasteiger charge is -2.24. The van der Waals surface area contributed by atoms with Gasteiger partial charge in [-0.15, -0.1) is 0 Å². The van der Waals surface area contributed by atoms with Crippen LogP contribution in [0.4, 0.5) is 11.4 Å². The molecule has 0 amide bonds. The van der Waals surface area contributed by atoms with E-state index in [1.807, 2.05) is 18.2 Å². The van der Waals surface area contributed by atoms with Crippen LogP contribution in [0.25, 0.3) is 116 Å². The number of para-hydroxylation sites is 3. The standard InChI is InChI=1S/C61H40N2O2/c1-62(46-19-9-4-10-20-46)55-28-25-41(34-50(55)43-27-30-60-53(36-43)48-21-11-13-23-58(48)64-60)42-26-29-56-51(35-42)52-37-54-49-22-12-14-24-59(49)65-61(54)38-57(52)63(56)47-32-44(39-15-5-2-6-16-39)31-45(33-47)40-17-7-3-8-18-40/h2-38H,1H3. The summed E-state index contributed by atoms with van der Waals surface area (Å²) in [7, 11) is 2.15. The van der Waals surface area contributed by atoms with Gasteiger partial charge >= 0.3 is 0 Å². The first-order valence-corrected chi connectivity index (χ1v) is 22.1. The molecule has 3 heterocycles. The van der Waals surface area contributed by atoms with Crippen molar-refractivity contribution in [3.63, 3.8) is 0 Å². The number of anilines is 2. The highest BCUT2D eigenvalue weighted by molar-refractivity contribution is 6.18. The molecule has 0 radical (unpaired) electrons. The SMILES string of the molecule is CN(c1ccccc1)c1ccc(-c2ccc3c(c2)c2cc4c(cc2n3-c2cc(-c3ccccc3)cc(-c3ccccc3)c2)oc2ccccc24)cc1-c1ccc2oc3ccccc3c2c1. The first-order chi connectivity index (χ1) is 32.1. The van der Waals surface area contributed by atoms with E-state index in [-0.39, 0.29) is 0 Å². The number of benzene rings is 10.